The van der Waals surface area contributed by atoms with Crippen LogP contribution in [0.2, 0.25) is 0 Å². The minimum Gasteiger partial charge on any atom is -0.409 e. The molecule has 0 aliphatic heterocycles. The van der Waals surface area contributed by atoms with Crippen molar-refractivity contribution in [2.45, 2.75) is 39.0 Å². The zero-order valence-electron chi connectivity index (χ0n) is 9.65. The lowest BCUT2D eigenvalue weighted by Gasteiger charge is -2.28. The van der Waals surface area contributed by atoms with Crippen LogP contribution in [0.15, 0.2) is 5.16 Å². The Morgan fingerprint density at radius 3 is 2.60 bits per heavy atom. The highest BCUT2D eigenvalue weighted by Crippen LogP contribution is 2.24. The van der Waals surface area contributed by atoms with Gasteiger partial charge in [0, 0.05) is 6.54 Å². The molecule has 1 saturated carbocycles. The average Bonchev–Trinajstić information content (AvgIpc) is 2.29. The summed E-state index contributed by atoms with van der Waals surface area (Å²) in [7, 11) is 0. The molecule has 15 heavy (non-hydrogen) atoms. The SMILES string of the molecule is CCN(CC(N)=NO)CC1CCCCC1. The first-order valence-electron chi connectivity index (χ1n) is 5.95. The van der Waals surface area contributed by atoms with Gasteiger partial charge in [-0.15, -0.1) is 0 Å². The lowest BCUT2D eigenvalue weighted by atomic mass is 9.89. The van der Waals surface area contributed by atoms with Crippen molar-refractivity contribution in [1.29, 1.82) is 0 Å². The van der Waals surface area contributed by atoms with Gasteiger partial charge in [0.05, 0.1) is 6.54 Å². The van der Waals surface area contributed by atoms with E-state index in [0.29, 0.717) is 12.4 Å². The topological polar surface area (TPSA) is 61.8 Å². The van der Waals surface area contributed by atoms with Crippen LogP contribution in [0, 0.1) is 5.92 Å². The van der Waals surface area contributed by atoms with E-state index >= 15 is 0 Å². The predicted octanol–water partition coefficient (Wildman–Crippen LogP) is 1.63. The standard InChI is InChI=1S/C11H23N3O/c1-2-14(9-11(12)13-15)8-10-6-4-3-5-7-10/h10,15H,2-9H2,1H3,(H2,12,13). The normalized spacial score (nSPS) is 19.7. The monoisotopic (exact) mass is 213 g/mol. The zero-order valence-corrected chi connectivity index (χ0v) is 9.65. The van der Waals surface area contributed by atoms with Crippen LogP contribution in [0.1, 0.15) is 39.0 Å². The maximum absolute atomic E-state index is 8.52. The molecule has 0 heterocycles. The number of likely N-dealkylation sites (N-methyl/N-ethyl adjacent to an activating group) is 1. The van der Waals surface area contributed by atoms with Gasteiger partial charge in [-0.1, -0.05) is 31.3 Å². The first-order valence-corrected chi connectivity index (χ1v) is 5.95. The molecule has 1 fully saturated rings. The van der Waals surface area contributed by atoms with E-state index in [4.69, 9.17) is 10.9 Å². The number of oxime groups is 1. The Bertz CT molecular complexity index is 200. The molecule has 0 atom stereocenters. The number of amidine groups is 1. The minimum absolute atomic E-state index is 0.313. The van der Waals surface area contributed by atoms with Gasteiger partial charge in [0.25, 0.3) is 0 Å². The van der Waals surface area contributed by atoms with Crippen LogP contribution in [-0.2, 0) is 0 Å². The molecule has 0 aromatic carbocycles. The molecule has 3 N–H and O–H groups in total. The first kappa shape index (κ1) is 12.3. The smallest absolute Gasteiger partial charge is 0.153 e. The molecule has 1 aliphatic rings. The summed E-state index contributed by atoms with van der Waals surface area (Å²) in [6.07, 6.45) is 6.81. The largest absolute Gasteiger partial charge is 0.409 e. The van der Waals surface area contributed by atoms with Crippen molar-refractivity contribution in [3.8, 4) is 0 Å². The van der Waals surface area contributed by atoms with Crippen molar-refractivity contribution in [2.75, 3.05) is 19.6 Å². The van der Waals surface area contributed by atoms with Gasteiger partial charge in [-0.3, -0.25) is 4.90 Å². The van der Waals surface area contributed by atoms with Crippen LogP contribution in [-0.4, -0.2) is 35.6 Å². The molecule has 0 aromatic heterocycles. The predicted molar refractivity (Wildman–Crippen MR) is 62.1 cm³/mol. The van der Waals surface area contributed by atoms with Crippen molar-refractivity contribution in [1.82, 2.24) is 4.90 Å². The van der Waals surface area contributed by atoms with Crippen molar-refractivity contribution in [3.05, 3.63) is 0 Å². The molecular formula is C11H23N3O. The highest BCUT2D eigenvalue weighted by Gasteiger charge is 2.16. The molecule has 0 radical (unpaired) electrons. The Hall–Kier alpha value is -0.770. The van der Waals surface area contributed by atoms with Gasteiger partial charge < -0.3 is 10.9 Å². The minimum atomic E-state index is 0.313. The fourth-order valence-corrected chi connectivity index (χ4v) is 2.30. The molecule has 1 aliphatic carbocycles. The van der Waals surface area contributed by atoms with E-state index in [2.05, 4.69) is 17.0 Å². The summed E-state index contributed by atoms with van der Waals surface area (Å²) in [6.45, 7) is 4.76. The van der Waals surface area contributed by atoms with Gasteiger partial charge in [-0.25, -0.2) is 0 Å². The van der Waals surface area contributed by atoms with Crippen LogP contribution in [0.5, 0.6) is 0 Å². The highest BCUT2D eigenvalue weighted by atomic mass is 16.4. The van der Waals surface area contributed by atoms with E-state index in [1.807, 2.05) is 0 Å². The van der Waals surface area contributed by atoms with E-state index in [1.165, 1.54) is 32.1 Å². The molecule has 0 bridgehead atoms. The van der Waals surface area contributed by atoms with E-state index in [1.54, 1.807) is 0 Å². The summed E-state index contributed by atoms with van der Waals surface area (Å²) < 4.78 is 0. The van der Waals surface area contributed by atoms with Gasteiger partial charge in [-0.05, 0) is 25.3 Å². The Balaban J connectivity index is 2.31. The molecule has 4 heteroatoms. The third kappa shape index (κ3) is 4.51. The molecule has 88 valence electrons. The van der Waals surface area contributed by atoms with Gasteiger partial charge in [-0.2, -0.15) is 0 Å². The third-order valence-corrected chi connectivity index (χ3v) is 3.20. The van der Waals surface area contributed by atoms with E-state index in [0.717, 1.165) is 19.0 Å². The summed E-state index contributed by atoms with van der Waals surface area (Å²) in [5, 5.41) is 11.5. The second-order valence-corrected chi connectivity index (χ2v) is 4.42. The molecule has 1 rings (SSSR count). The second kappa shape index (κ2) is 6.67. The lowest BCUT2D eigenvalue weighted by molar-refractivity contribution is 0.226. The first-order chi connectivity index (χ1) is 7.26. The van der Waals surface area contributed by atoms with Gasteiger partial charge in [0.1, 0.15) is 0 Å². The quantitative estimate of drug-likeness (QED) is 0.316. The third-order valence-electron chi connectivity index (χ3n) is 3.20. The van der Waals surface area contributed by atoms with Crippen LogP contribution in [0.25, 0.3) is 0 Å². The Labute approximate surface area is 92.1 Å². The Morgan fingerprint density at radius 1 is 1.40 bits per heavy atom. The van der Waals surface area contributed by atoms with Gasteiger partial charge >= 0.3 is 0 Å². The molecule has 4 nitrogen and oxygen atoms in total. The van der Waals surface area contributed by atoms with Crippen LogP contribution < -0.4 is 5.73 Å². The van der Waals surface area contributed by atoms with Gasteiger partial charge in [0.2, 0.25) is 0 Å². The average molecular weight is 213 g/mol. The maximum Gasteiger partial charge on any atom is 0.153 e. The molecule has 0 saturated heterocycles. The zero-order chi connectivity index (χ0) is 11.1. The van der Waals surface area contributed by atoms with E-state index in [-0.39, 0.29) is 0 Å². The summed E-state index contributed by atoms with van der Waals surface area (Å²) in [5.41, 5.74) is 5.51. The Kier molecular flexibility index (Phi) is 5.47. The lowest BCUT2D eigenvalue weighted by Crippen LogP contribution is -2.37. The van der Waals surface area contributed by atoms with Crippen LogP contribution >= 0.6 is 0 Å². The van der Waals surface area contributed by atoms with Crippen molar-refractivity contribution >= 4 is 5.84 Å². The fourth-order valence-electron chi connectivity index (χ4n) is 2.30. The summed E-state index contributed by atoms with van der Waals surface area (Å²) in [5.74, 6) is 1.12. The maximum atomic E-state index is 8.52. The van der Waals surface area contributed by atoms with E-state index < -0.39 is 0 Å². The molecule has 0 aromatic rings. The summed E-state index contributed by atoms with van der Waals surface area (Å²) >= 11 is 0. The van der Waals surface area contributed by atoms with Crippen LogP contribution in [0.3, 0.4) is 0 Å². The van der Waals surface area contributed by atoms with E-state index in [9.17, 15) is 0 Å². The second-order valence-electron chi connectivity index (χ2n) is 4.42. The highest BCUT2D eigenvalue weighted by molar-refractivity contribution is 5.81. The summed E-state index contributed by atoms with van der Waals surface area (Å²) in [6, 6.07) is 0. The number of nitrogens with zero attached hydrogens (tertiary/aromatic N) is 2. The summed E-state index contributed by atoms with van der Waals surface area (Å²) in [4.78, 5) is 2.26. The number of nitrogens with two attached hydrogens (primary N) is 1. The van der Waals surface area contributed by atoms with Gasteiger partial charge in [0.15, 0.2) is 5.84 Å². The fraction of sp³-hybridized carbons (Fsp3) is 0.909. The van der Waals surface area contributed by atoms with Crippen molar-refractivity contribution in [3.63, 3.8) is 0 Å². The number of rotatable bonds is 5. The van der Waals surface area contributed by atoms with Crippen LogP contribution in [0.4, 0.5) is 0 Å². The number of hydrogen-bond donors (Lipinski definition) is 2. The number of hydrogen-bond acceptors (Lipinski definition) is 3. The molecular weight excluding hydrogens is 190 g/mol. The molecule has 0 spiro atoms. The molecule has 0 amide bonds. The Morgan fingerprint density at radius 2 is 2.07 bits per heavy atom. The van der Waals surface area contributed by atoms with Crippen molar-refractivity contribution < 1.29 is 5.21 Å². The van der Waals surface area contributed by atoms with Crippen molar-refractivity contribution in [2.24, 2.45) is 16.8 Å². The molecule has 0 unspecified atom stereocenters.